The molecule has 1 aliphatic heterocycles. The molecule has 182 valence electrons. The van der Waals surface area contributed by atoms with Crippen molar-refractivity contribution >= 4 is 58.5 Å². The minimum Gasteiger partial charge on any atom is -0.351 e. The lowest BCUT2D eigenvalue weighted by Gasteiger charge is -2.24. The quantitative estimate of drug-likeness (QED) is 0.297. The summed E-state index contributed by atoms with van der Waals surface area (Å²) in [6.45, 7) is 1.26. The Morgan fingerprint density at radius 3 is 2.51 bits per heavy atom. The van der Waals surface area contributed by atoms with E-state index >= 15 is 0 Å². The molecule has 1 heterocycles. The molecule has 3 aromatic carbocycles. The molecule has 0 spiro atoms. The lowest BCUT2D eigenvalue weighted by atomic mass is 10.1. The van der Waals surface area contributed by atoms with E-state index in [4.69, 9.17) is 23.2 Å². The number of nitrogens with zero attached hydrogens (tertiary/aromatic N) is 1. The Balaban J connectivity index is 1.24. The fraction of sp³-hybridized carbons (Fsp3) is 0.259. The summed E-state index contributed by atoms with van der Waals surface area (Å²) in [6, 6.07) is 23.4. The highest BCUT2D eigenvalue weighted by atomic mass is 35.5. The smallest absolute Gasteiger partial charge is 0.251 e. The second kappa shape index (κ2) is 12.7. The van der Waals surface area contributed by atoms with Crippen LogP contribution in [0.1, 0.15) is 32.4 Å². The Hall–Kier alpha value is -2.12. The number of thioether (sulfide) groups is 2. The van der Waals surface area contributed by atoms with Crippen LogP contribution in [0.4, 0.5) is 0 Å². The lowest BCUT2D eigenvalue weighted by Crippen LogP contribution is -2.30. The first kappa shape index (κ1) is 26.0. The van der Waals surface area contributed by atoms with Crippen LogP contribution in [0, 0.1) is 0 Å². The third-order valence-electron chi connectivity index (χ3n) is 5.70. The van der Waals surface area contributed by atoms with Gasteiger partial charge in [-0.3, -0.25) is 9.59 Å². The molecule has 8 heteroatoms. The second-order valence-electron chi connectivity index (χ2n) is 8.17. The molecule has 0 unspecified atom stereocenters. The third-order valence-corrected chi connectivity index (χ3v) is 8.72. The Labute approximate surface area is 224 Å². The number of hydrogen-bond acceptors (Lipinski definition) is 4. The normalized spacial score (nSPS) is 15.4. The van der Waals surface area contributed by atoms with E-state index in [2.05, 4.69) is 17.4 Å². The van der Waals surface area contributed by atoms with Gasteiger partial charge in [-0.2, -0.15) is 11.8 Å². The van der Waals surface area contributed by atoms with Crippen molar-refractivity contribution in [1.82, 2.24) is 10.2 Å². The van der Waals surface area contributed by atoms with Crippen LogP contribution in [0.15, 0.2) is 72.8 Å². The molecule has 0 aromatic heterocycles. The summed E-state index contributed by atoms with van der Waals surface area (Å²) in [5, 5.41) is 4.07. The predicted molar refractivity (Wildman–Crippen MR) is 148 cm³/mol. The van der Waals surface area contributed by atoms with Gasteiger partial charge < -0.3 is 10.2 Å². The number of benzene rings is 3. The van der Waals surface area contributed by atoms with Crippen LogP contribution < -0.4 is 5.32 Å². The van der Waals surface area contributed by atoms with Crippen molar-refractivity contribution in [3.8, 4) is 0 Å². The maximum Gasteiger partial charge on any atom is 0.251 e. The van der Waals surface area contributed by atoms with Crippen molar-refractivity contribution in [2.45, 2.75) is 17.5 Å². The fourth-order valence-electron chi connectivity index (χ4n) is 3.82. The van der Waals surface area contributed by atoms with Gasteiger partial charge >= 0.3 is 0 Å². The Bertz CT molecular complexity index is 1160. The molecule has 1 aliphatic rings. The summed E-state index contributed by atoms with van der Waals surface area (Å²) >= 11 is 15.4. The molecule has 1 N–H and O–H groups in total. The van der Waals surface area contributed by atoms with Gasteiger partial charge in [-0.05, 0) is 47.4 Å². The van der Waals surface area contributed by atoms with Crippen LogP contribution in [0.2, 0.25) is 10.0 Å². The number of amides is 2. The maximum absolute atomic E-state index is 12.5. The molecule has 4 rings (SSSR count). The highest BCUT2D eigenvalue weighted by Crippen LogP contribution is 2.38. The van der Waals surface area contributed by atoms with Crippen molar-refractivity contribution in [2.24, 2.45) is 0 Å². The minimum absolute atomic E-state index is 0.0129. The van der Waals surface area contributed by atoms with Gasteiger partial charge in [0.15, 0.2) is 0 Å². The third kappa shape index (κ3) is 7.20. The van der Waals surface area contributed by atoms with Gasteiger partial charge in [0.25, 0.3) is 5.91 Å². The van der Waals surface area contributed by atoms with Crippen LogP contribution in [0.3, 0.4) is 0 Å². The number of carbonyl (C=O) groups is 2. The zero-order chi connectivity index (χ0) is 24.6. The summed E-state index contributed by atoms with van der Waals surface area (Å²) in [6.07, 6.45) is 0.827. The number of carbonyl (C=O) groups excluding carboxylic acids is 2. The van der Waals surface area contributed by atoms with Crippen molar-refractivity contribution < 1.29 is 9.59 Å². The molecule has 0 saturated carbocycles. The first-order valence-corrected chi connectivity index (χ1v) is 14.3. The summed E-state index contributed by atoms with van der Waals surface area (Å²) in [5.74, 6) is 2.15. The highest BCUT2D eigenvalue weighted by Gasteiger charge is 2.32. The van der Waals surface area contributed by atoms with Gasteiger partial charge in [0.1, 0.15) is 5.37 Å². The maximum atomic E-state index is 12.5. The van der Waals surface area contributed by atoms with Gasteiger partial charge in [0.2, 0.25) is 5.91 Å². The molecular weight excluding hydrogens is 519 g/mol. The summed E-state index contributed by atoms with van der Waals surface area (Å²) in [4.78, 5) is 27.0. The summed E-state index contributed by atoms with van der Waals surface area (Å²) in [5.41, 5.74) is 3.99. The van der Waals surface area contributed by atoms with Gasteiger partial charge in [-0.25, -0.2) is 0 Å². The van der Waals surface area contributed by atoms with Gasteiger partial charge in [-0.1, -0.05) is 71.7 Å². The zero-order valence-corrected chi connectivity index (χ0v) is 22.2. The lowest BCUT2D eigenvalue weighted by molar-refractivity contribution is -0.128. The number of nitrogens with one attached hydrogen (secondary N) is 1. The monoisotopic (exact) mass is 544 g/mol. The number of halogens is 2. The van der Waals surface area contributed by atoms with E-state index < -0.39 is 0 Å². The van der Waals surface area contributed by atoms with E-state index in [1.165, 1.54) is 5.56 Å². The minimum atomic E-state index is -0.0947. The fourth-order valence-corrected chi connectivity index (χ4v) is 6.17. The highest BCUT2D eigenvalue weighted by molar-refractivity contribution is 8.00. The molecule has 0 radical (unpaired) electrons. The van der Waals surface area contributed by atoms with Crippen LogP contribution >= 0.6 is 46.7 Å². The number of hydrogen-bond donors (Lipinski definition) is 1. The van der Waals surface area contributed by atoms with Crippen LogP contribution in [-0.2, 0) is 17.0 Å². The molecule has 3 aromatic rings. The van der Waals surface area contributed by atoms with Crippen molar-refractivity contribution in [3.05, 3.63) is 105 Å². The second-order valence-corrected chi connectivity index (χ2v) is 11.2. The van der Waals surface area contributed by atoms with Crippen molar-refractivity contribution in [3.63, 3.8) is 0 Å². The Kier molecular flexibility index (Phi) is 9.44. The Morgan fingerprint density at radius 1 is 1.00 bits per heavy atom. The van der Waals surface area contributed by atoms with Crippen molar-refractivity contribution in [1.29, 1.82) is 0 Å². The molecule has 1 atom stereocenters. The molecule has 4 nitrogen and oxygen atoms in total. The molecule has 35 heavy (non-hydrogen) atoms. The van der Waals surface area contributed by atoms with Crippen molar-refractivity contribution in [2.75, 3.05) is 24.6 Å². The molecule has 2 amide bonds. The van der Waals surface area contributed by atoms with E-state index in [0.717, 1.165) is 29.1 Å². The average molecular weight is 546 g/mol. The predicted octanol–water partition coefficient (Wildman–Crippen LogP) is 6.47. The van der Waals surface area contributed by atoms with Crippen LogP contribution in [-0.4, -0.2) is 41.3 Å². The average Bonchev–Trinajstić information content (AvgIpc) is 3.25. The van der Waals surface area contributed by atoms with Crippen LogP contribution in [0.25, 0.3) is 0 Å². The molecule has 0 aliphatic carbocycles. The molecule has 1 fully saturated rings. The van der Waals surface area contributed by atoms with E-state index in [-0.39, 0.29) is 17.2 Å². The molecular formula is C27H26Cl2N2O2S2. The standard InChI is InChI=1S/C27H26Cl2N2O2S2/c28-23-11-6-20(16-24(23)29)17-34-15-13-30-26(33)21-7-9-22(10-8-21)27-31(25(32)18-35-27)14-12-19-4-2-1-3-5-19/h1-11,16,27H,12-15,17-18H2,(H,30,33)/t27-/m1/s1. The van der Waals surface area contributed by atoms with Crippen LogP contribution in [0.5, 0.6) is 0 Å². The molecule has 0 bridgehead atoms. The van der Waals surface area contributed by atoms with E-state index in [1.807, 2.05) is 59.5 Å². The topological polar surface area (TPSA) is 49.4 Å². The van der Waals surface area contributed by atoms with E-state index in [9.17, 15) is 9.59 Å². The first-order valence-electron chi connectivity index (χ1n) is 11.4. The van der Waals surface area contributed by atoms with Gasteiger partial charge in [-0.15, -0.1) is 11.8 Å². The first-order chi connectivity index (χ1) is 17.0. The van der Waals surface area contributed by atoms with E-state index in [0.29, 0.717) is 34.5 Å². The summed E-state index contributed by atoms with van der Waals surface area (Å²) in [7, 11) is 0. The van der Waals surface area contributed by atoms with Gasteiger partial charge in [0.05, 0.1) is 15.8 Å². The SMILES string of the molecule is O=C(NCCSCc1ccc(Cl)c(Cl)c1)c1ccc([C@H]2SCC(=O)N2CCc2ccccc2)cc1. The number of rotatable bonds is 10. The summed E-state index contributed by atoms with van der Waals surface area (Å²) < 4.78 is 0. The Morgan fingerprint density at radius 2 is 1.77 bits per heavy atom. The van der Waals surface area contributed by atoms with E-state index in [1.54, 1.807) is 29.6 Å². The largest absolute Gasteiger partial charge is 0.351 e. The molecule has 1 saturated heterocycles. The zero-order valence-electron chi connectivity index (χ0n) is 19.1. The van der Waals surface area contributed by atoms with Gasteiger partial charge in [0, 0.05) is 30.2 Å².